The number of hydrogen-bond donors (Lipinski definition) is 0. The molecule has 1 fully saturated rings. The summed E-state index contributed by atoms with van der Waals surface area (Å²) in [5.41, 5.74) is 0. The molecule has 2 atom stereocenters. The van der Waals surface area contributed by atoms with Gasteiger partial charge in [-0.2, -0.15) is 0 Å². The van der Waals surface area contributed by atoms with Gasteiger partial charge in [0.25, 0.3) is 0 Å². The third-order valence-corrected chi connectivity index (χ3v) is 2.81. The van der Waals surface area contributed by atoms with Crippen LogP contribution >= 0.6 is 0 Å². The summed E-state index contributed by atoms with van der Waals surface area (Å²) in [4.78, 5) is 2.44. The van der Waals surface area contributed by atoms with Gasteiger partial charge in [0.15, 0.2) is 0 Å². The third-order valence-electron chi connectivity index (χ3n) is 2.81. The van der Waals surface area contributed by atoms with E-state index in [4.69, 9.17) is 0 Å². The Bertz CT molecular complexity index is 101. The van der Waals surface area contributed by atoms with Crippen molar-refractivity contribution in [3.8, 4) is 0 Å². The van der Waals surface area contributed by atoms with Crippen molar-refractivity contribution in [3.63, 3.8) is 0 Å². The molecule has 1 rings (SSSR count). The molecule has 10 heavy (non-hydrogen) atoms. The van der Waals surface area contributed by atoms with E-state index in [0.717, 1.165) is 11.8 Å². The number of piperidine rings is 1. The van der Waals surface area contributed by atoms with Crippen molar-refractivity contribution < 1.29 is 0 Å². The Morgan fingerprint density at radius 1 is 1.50 bits per heavy atom. The minimum absolute atomic E-state index is 0.920. The summed E-state index contributed by atoms with van der Waals surface area (Å²) in [5.74, 6) is 1.92. The fraction of sp³-hybridized carbons (Fsp3) is 1.00. The molecule has 1 saturated heterocycles. The highest BCUT2D eigenvalue weighted by molar-refractivity contribution is 4.74. The molecule has 0 N–H and O–H groups in total. The van der Waals surface area contributed by atoms with E-state index in [9.17, 15) is 0 Å². The monoisotopic (exact) mass is 141 g/mol. The Labute approximate surface area is 64.4 Å². The van der Waals surface area contributed by atoms with Crippen molar-refractivity contribution in [2.24, 2.45) is 11.8 Å². The van der Waals surface area contributed by atoms with Crippen LogP contribution in [0.5, 0.6) is 0 Å². The van der Waals surface area contributed by atoms with Crippen molar-refractivity contribution in [1.82, 2.24) is 4.90 Å². The summed E-state index contributed by atoms with van der Waals surface area (Å²) in [5, 5.41) is 0. The van der Waals surface area contributed by atoms with Gasteiger partial charge in [0.05, 0.1) is 0 Å². The zero-order valence-electron chi connectivity index (χ0n) is 7.43. The number of likely N-dealkylation sites (tertiary alicyclic amines) is 1. The average Bonchev–Trinajstić information content (AvgIpc) is 1.88. The van der Waals surface area contributed by atoms with Crippen LogP contribution in [-0.2, 0) is 0 Å². The molecule has 0 bridgehead atoms. The molecular weight excluding hydrogens is 122 g/mol. The van der Waals surface area contributed by atoms with E-state index in [0.29, 0.717) is 0 Å². The van der Waals surface area contributed by atoms with Crippen LogP contribution < -0.4 is 0 Å². The normalized spacial score (nSPS) is 36.3. The lowest BCUT2D eigenvalue weighted by Gasteiger charge is -2.34. The zero-order chi connectivity index (χ0) is 7.56. The van der Waals surface area contributed by atoms with Gasteiger partial charge in [0.1, 0.15) is 0 Å². The van der Waals surface area contributed by atoms with E-state index < -0.39 is 0 Å². The van der Waals surface area contributed by atoms with Crippen LogP contribution in [0.15, 0.2) is 0 Å². The summed E-state index contributed by atoms with van der Waals surface area (Å²) in [6.07, 6.45) is 2.78. The van der Waals surface area contributed by atoms with Crippen molar-refractivity contribution in [1.29, 1.82) is 0 Å². The maximum atomic E-state index is 2.44. The molecule has 0 aliphatic carbocycles. The fourth-order valence-electron chi connectivity index (χ4n) is 2.01. The molecular formula is C9H19N. The predicted molar refractivity (Wildman–Crippen MR) is 45.1 cm³/mol. The number of nitrogens with zero attached hydrogens (tertiary/aromatic N) is 1. The predicted octanol–water partition coefficient (Wildman–Crippen LogP) is 1.98. The Hall–Kier alpha value is -0.0400. The topological polar surface area (TPSA) is 3.24 Å². The molecule has 0 saturated carbocycles. The molecule has 1 unspecified atom stereocenters. The van der Waals surface area contributed by atoms with Crippen LogP contribution in [0, 0.1) is 11.8 Å². The maximum absolute atomic E-state index is 2.44. The molecule has 1 nitrogen and oxygen atoms in total. The van der Waals surface area contributed by atoms with E-state index in [2.05, 4.69) is 25.8 Å². The van der Waals surface area contributed by atoms with E-state index in [1.807, 2.05) is 0 Å². The second-order valence-corrected chi connectivity index (χ2v) is 3.70. The zero-order valence-corrected chi connectivity index (χ0v) is 7.43. The van der Waals surface area contributed by atoms with Gasteiger partial charge in [0.2, 0.25) is 0 Å². The van der Waals surface area contributed by atoms with Gasteiger partial charge in [-0.05, 0) is 31.8 Å². The van der Waals surface area contributed by atoms with Crippen LogP contribution in [0.1, 0.15) is 26.7 Å². The summed E-state index contributed by atoms with van der Waals surface area (Å²) in [7, 11) is 2.22. The largest absolute Gasteiger partial charge is 0.306 e. The molecule has 0 radical (unpaired) electrons. The molecule has 0 aromatic rings. The lowest BCUT2D eigenvalue weighted by atomic mass is 9.85. The molecule has 1 heterocycles. The summed E-state index contributed by atoms with van der Waals surface area (Å²) < 4.78 is 0. The first-order chi connectivity index (χ1) is 4.74. The molecule has 0 spiro atoms. The molecule has 0 aromatic carbocycles. The summed E-state index contributed by atoms with van der Waals surface area (Å²) in [6, 6.07) is 0. The first kappa shape index (κ1) is 8.06. The summed E-state index contributed by atoms with van der Waals surface area (Å²) >= 11 is 0. The van der Waals surface area contributed by atoms with Crippen LogP contribution in [-0.4, -0.2) is 25.0 Å². The Morgan fingerprint density at radius 3 is 2.70 bits per heavy atom. The minimum atomic E-state index is 0.920. The Kier molecular flexibility index (Phi) is 2.72. The minimum Gasteiger partial charge on any atom is -0.306 e. The van der Waals surface area contributed by atoms with E-state index in [-0.39, 0.29) is 0 Å². The van der Waals surface area contributed by atoms with Gasteiger partial charge in [-0.15, -0.1) is 0 Å². The van der Waals surface area contributed by atoms with Gasteiger partial charge in [0, 0.05) is 6.54 Å². The van der Waals surface area contributed by atoms with E-state index >= 15 is 0 Å². The molecule has 1 aliphatic heterocycles. The highest BCUT2D eigenvalue weighted by atomic mass is 15.1. The highest BCUT2D eigenvalue weighted by Gasteiger charge is 2.21. The second kappa shape index (κ2) is 3.38. The van der Waals surface area contributed by atoms with Crippen molar-refractivity contribution in [2.75, 3.05) is 20.1 Å². The maximum Gasteiger partial charge on any atom is 0.000662 e. The number of rotatable bonds is 1. The molecule has 0 aromatic heterocycles. The van der Waals surface area contributed by atoms with Crippen LogP contribution in [0.4, 0.5) is 0 Å². The second-order valence-electron chi connectivity index (χ2n) is 3.70. The van der Waals surface area contributed by atoms with Crippen LogP contribution in [0.2, 0.25) is 0 Å². The van der Waals surface area contributed by atoms with Gasteiger partial charge in [-0.3, -0.25) is 0 Å². The molecule has 1 aliphatic rings. The lowest BCUT2D eigenvalue weighted by Crippen LogP contribution is -2.36. The highest BCUT2D eigenvalue weighted by Crippen LogP contribution is 2.24. The standard InChI is InChI=1S/C9H19N/c1-4-9-5-6-10(3)7-8(9)2/h8-9H,4-7H2,1-3H3/t8-,9?/m0/s1. The van der Waals surface area contributed by atoms with Crippen molar-refractivity contribution in [2.45, 2.75) is 26.7 Å². The van der Waals surface area contributed by atoms with Crippen LogP contribution in [0.25, 0.3) is 0 Å². The lowest BCUT2D eigenvalue weighted by molar-refractivity contribution is 0.152. The third kappa shape index (κ3) is 1.72. The Morgan fingerprint density at radius 2 is 2.20 bits per heavy atom. The molecule has 1 heteroatoms. The van der Waals surface area contributed by atoms with Crippen LogP contribution in [0.3, 0.4) is 0 Å². The van der Waals surface area contributed by atoms with E-state index in [1.165, 1.54) is 25.9 Å². The first-order valence-electron chi connectivity index (χ1n) is 4.42. The van der Waals surface area contributed by atoms with Crippen molar-refractivity contribution in [3.05, 3.63) is 0 Å². The van der Waals surface area contributed by atoms with Gasteiger partial charge in [-0.25, -0.2) is 0 Å². The summed E-state index contributed by atoms with van der Waals surface area (Å²) in [6.45, 7) is 7.30. The smallest absolute Gasteiger partial charge is 0.000662 e. The first-order valence-corrected chi connectivity index (χ1v) is 4.42. The van der Waals surface area contributed by atoms with Gasteiger partial charge in [-0.1, -0.05) is 20.3 Å². The fourth-order valence-corrected chi connectivity index (χ4v) is 2.01. The molecule has 0 amide bonds. The molecule has 60 valence electrons. The number of hydrogen-bond acceptors (Lipinski definition) is 1. The Balaban J connectivity index is 2.36. The SMILES string of the molecule is CCC1CCN(C)C[C@@H]1C. The van der Waals surface area contributed by atoms with Crippen molar-refractivity contribution >= 4 is 0 Å². The quantitative estimate of drug-likeness (QED) is 0.540. The van der Waals surface area contributed by atoms with E-state index in [1.54, 1.807) is 0 Å². The van der Waals surface area contributed by atoms with Gasteiger partial charge >= 0.3 is 0 Å². The average molecular weight is 141 g/mol. The van der Waals surface area contributed by atoms with Gasteiger partial charge < -0.3 is 4.90 Å².